The minimum atomic E-state index is -1.05. The number of piperazine rings is 1. The summed E-state index contributed by atoms with van der Waals surface area (Å²) in [4.78, 5) is 81.8. The lowest BCUT2D eigenvalue weighted by atomic mass is 9.84. The smallest absolute Gasteiger partial charge is 0.324 e. The second-order valence-corrected chi connectivity index (χ2v) is 20.7. The van der Waals surface area contributed by atoms with Crippen LogP contribution in [-0.2, 0) is 48.0 Å². The molecule has 3 aliphatic rings. The number of carbonyl (C=O) groups excluding carboxylic acids is 5. The average molecular weight is 974 g/mol. The number of esters is 1. The maximum absolute atomic E-state index is 14.8. The van der Waals surface area contributed by atoms with E-state index in [0.29, 0.717) is 65.1 Å². The highest BCUT2D eigenvalue weighted by Gasteiger charge is 2.39. The highest BCUT2D eigenvalue weighted by Crippen LogP contribution is 2.42. The van der Waals surface area contributed by atoms with E-state index >= 15 is 0 Å². The summed E-state index contributed by atoms with van der Waals surface area (Å²) in [6.07, 6.45) is 4.61. The number of nitrogens with one attached hydrogen (secondary N) is 2. The molecule has 2 aromatic heterocycles. The quantitative estimate of drug-likeness (QED) is 0.119. The van der Waals surface area contributed by atoms with Crippen LogP contribution in [0.25, 0.3) is 33.3 Å². The predicted molar refractivity (Wildman–Crippen MR) is 276 cm³/mol. The van der Waals surface area contributed by atoms with E-state index in [0.717, 1.165) is 50.1 Å². The molecule has 6 bridgehead atoms. The number of hydrogen-bond acceptors (Lipinski definition) is 10. The number of likely N-dealkylation sites (N-methyl/N-ethyl adjacent to an activating group) is 2. The van der Waals surface area contributed by atoms with Crippen molar-refractivity contribution in [2.24, 2.45) is 11.3 Å². The average Bonchev–Trinajstić information content (AvgIpc) is 3.67. The van der Waals surface area contributed by atoms with Gasteiger partial charge in [0.05, 0.1) is 24.1 Å². The molecule has 2 saturated heterocycles. The number of pyridine rings is 1. The van der Waals surface area contributed by atoms with Gasteiger partial charge in [0.25, 0.3) is 5.91 Å². The standard InChI is InChI=1S/C55H75N9O7/c1-12-47(65)59(9)25-26-61-27-28-62(33-36(61)5)54(69)60(10)49(35(3)4)51(66)57-45-30-38-17-14-18-39(29-38)40-21-22-46-42(31-40)43(50(63(46)13-2)41-19-15-23-56-48(41)37(6)70-11)32-55(7,8)34-71-53(68)44-20-16-24-64(58-44)52(45)67/h12,14-15,17-19,21-23,29,31,35-37,44-45,49,58H,1,13,16,20,24-28,30,32-34H2,2-11H3,(H,57,66)/t36-,37+,44+,45+,49?/m1/s1. The van der Waals surface area contributed by atoms with Crippen LogP contribution < -0.4 is 10.7 Å². The Morgan fingerprint density at radius 3 is 2.51 bits per heavy atom. The van der Waals surface area contributed by atoms with Gasteiger partial charge in [-0.25, -0.2) is 10.2 Å². The number of cyclic esters (lactones) is 1. The molecule has 16 nitrogen and oxygen atoms in total. The van der Waals surface area contributed by atoms with E-state index in [1.54, 1.807) is 37.2 Å². The number of amides is 5. The number of rotatable bonds is 12. The van der Waals surface area contributed by atoms with Crippen molar-refractivity contribution >= 4 is 40.6 Å². The normalized spacial score (nSPS) is 20.7. The Hall–Kier alpha value is -6.10. The zero-order chi connectivity index (χ0) is 51.3. The Morgan fingerprint density at radius 2 is 1.80 bits per heavy atom. The van der Waals surface area contributed by atoms with Crippen LogP contribution in [-0.4, -0.2) is 155 Å². The Bertz CT molecular complexity index is 2610. The maximum Gasteiger partial charge on any atom is 0.324 e. The van der Waals surface area contributed by atoms with Gasteiger partial charge in [-0.1, -0.05) is 64.6 Å². The van der Waals surface area contributed by atoms with Crippen LogP contribution in [0.4, 0.5) is 4.79 Å². The molecule has 2 fully saturated rings. The third kappa shape index (κ3) is 11.7. The van der Waals surface area contributed by atoms with Gasteiger partial charge in [0.2, 0.25) is 11.8 Å². The molecule has 0 aliphatic carbocycles. The van der Waals surface area contributed by atoms with Gasteiger partial charge >= 0.3 is 12.0 Å². The van der Waals surface area contributed by atoms with E-state index in [2.05, 4.69) is 90.9 Å². The van der Waals surface area contributed by atoms with Crippen molar-refractivity contribution in [1.29, 1.82) is 0 Å². The van der Waals surface area contributed by atoms with Crippen molar-refractivity contribution in [3.63, 3.8) is 0 Å². The van der Waals surface area contributed by atoms with Crippen molar-refractivity contribution in [3.05, 3.63) is 90.3 Å². The molecular formula is C55H75N9O7. The number of urea groups is 1. The minimum absolute atomic E-state index is 0.0220. The first kappa shape index (κ1) is 52.7. The monoisotopic (exact) mass is 974 g/mol. The Labute approximate surface area is 419 Å². The lowest BCUT2D eigenvalue weighted by Gasteiger charge is -2.43. The molecule has 0 saturated carbocycles. The van der Waals surface area contributed by atoms with Crippen molar-refractivity contribution in [2.45, 2.75) is 111 Å². The van der Waals surface area contributed by atoms with Gasteiger partial charge < -0.3 is 34.1 Å². The van der Waals surface area contributed by atoms with E-state index < -0.39 is 35.4 Å². The van der Waals surface area contributed by atoms with Crippen molar-refractivity contribution in [2.75, 3.05) is 67.1 Å². The van der Waals surface area contributed by atoms with E-state index in [9.17, 15) is 24.0 Å². The molecule has 16 heteroatoms. The molecule has 3 aliphatic heterocycles. The fourth-order valence-electron chi connectivity index (χ4n) is 10.6. The lowest BCUT2D eigenvalue weighted by molar-refractivity contribution is -0.155. The first-order chi connectivity index (χ1) is 33.9. The van der Waals surface area contributed by atoms with Gasteiger partial charge in [-0.2, -0.15) is 0 Å². The van der Waals surface area contributed by atoms with E-state index in [-0.39, 0.29) is 48.9 Å². The molecule has 4 aromatic rings. The van der Waals surface area contributed by atoms with Crippen molar-refractivity contribution in [1.82, 2.24) is 44.9 Å². The minimum Gasteiger partial charge on any atom is -0.464 e. The van der Waals surface area contributed by atoms with Gasteiger partial charge in [0, 0.05) is 108 Å². The topological polar surface area (TPSA) is 162 Å². The van der Waals surface area contributed by atoms with E-state index in [1.807, 2.05) is 39.0 Å². The molecule has 382 valence electrons. The SMILES string of the molecule is C=CC(=O)N(C)CCN1CCN(C(=O)N(C)C(C(=O)N[C@H]2Cc3cccc(c3)-c3ccc4c(c3)c(c(-c3cccnc3[C@H](C)OC)n4CC)CC(C)(C)COC(=O)[C@@H]3CCCN(N3)C2=O)C(C)C)C[C@H]1C. The Kier molecular flexibility index (Phi) is 16.7. The maximum atomic E-state index is 14.8. The lowest BCUT2D eigenvalue weighted by Crippen LogP contribution is -2.63. The van der Waals surface area contributed by atoms with Crippen LogP contribution in [0.1, 0.15) is 84.2 Å². The van der Waals surface area contributed by atoms with Gasteiger partial charge in [-0.05, 0) is 98.5 Å². The molecule has 5 amide bonds. The van der Waals surface area contributed by atoms with Crippen LogP contribution >= 0.6 is 0 Å². The summed E-state index contributed by atoms with van der Waals surface area (Å²) in [7, 11) is 5.08. The van der Waals surface area contributed by atoms with E-state index in [4.69, 9.17) is 14.5 Å². The number of ether oxygens (including phenoxy) is 2. The predicted octanol–water partition coefficient (Wildman–Crippen LogP) is 6.47. The number of benzene rings is 2. The molecule has 0 spiro atoms. The van der Waals surface area contributed by atoms with Crippen LogP contribution in [0.3, 0.4) is 0 Å². The van der Waals surface area contributed by atoms with Crippen LogP contribution in [0.15, 0.2) is 73.4 Å². The van der Waals surface area contributed by atoms with Crippen molar-refractivity contribution < 1.29 is 33.4 Å². The van der Waals surface area contributed by atoms with Gasteiger partial charge in [-0.15, -0.1) is 0 Å². The van der Waals surface area contributed by atoms with Gasteiger partial charge in [0.1, 0.15) is 18.1 Å². The zero-order valence-corrected chi connectivity index (χ0v) is 43.5. The summed E-state index contributed by atoms with van der Waals surface area (Å²) >= 11 is 0. The third-order valence-corrected chi connectivity index (χ3v) is 14.6. The molecule has 1 unspecified atom stereocenters. The molecule has 7 rings (SSSR count). The number of nitrogens with zero attached hydrogens (tertiary/aromatic N) is 7. The first-order valence-electron chi connectivity index (χ1n) is 25.3. The highest BCUT2D eigenvalue weighted by molar-refractivity contribution is 5.96. The summed E-state index contributed by atoms with van der Waals surface area (Å²) in [6, 6.07) is 15.7. The number of carbonyl (C=O) groups is 5. The Balaban J connectivity index is 1.22. The number of hydrogen-bond donors (Lipinski definition) is 2. The van der Waals surface area contributed by atoms with E-state index in [1.165, 1.54) is 16.0 Å². The summed E-state index contributed by atoms with van der Waals surface area (Å²) in [5.74, 6) is -1.72. The fourth-order valence-corrected chi connectivity index (χ4v) is 10.6. The summed E-state index contributed by atoms with van der Waals surface area (Å²) < 4.78 is 14.3. The van der Waals surface area contributed by atoms with Gasteiger partial charge in [0.15, 0.2) is 0 Å². The second-order valence-electron chi connectivity index (χ2n) is 20.7. The number of fused-ring (bicyclic) bond motifs is 6. The molecule has 0 radical (unpaired) electrons. The second kappa shape index (κ2) is 22.5. The van der Waals surface area contributed by atoms with Gasteiger partial charge in [-0.3, -0.25) is 34.1 Å². The molecule has 2 N–H and O–H groups in total. The number of aromatic nitrogens is 2. The van der Waals surface area contributed by atoms with Crippen molar-refractivity contribution in [3.8, 4) is 22.4 Å². The molecular weight excluding hydrogens is 899 g/mol. The fraction of sp³-hybridized carbons (Fsp3) is 0.527. The molecule has 5 heterocycles. The number of aryl methyl sites for hydroxylation is 1. The molecule has 2 aromatic carbocycles. The third-order valence-electron chi connectivity index (χ3n) is 14.6. The number of methoxy groups -OCH3 is 1. The largest absolute Gasteiger partial charge is 0.464 e. The number of hydrazine groups is 1. The first-order valence-corrected chi connectivity index (χ1v) is 25.3. The van der Waals surface area contributed by atoms with Crippen LogP contribution in [0.5, 0.6) is 0 Å². The highest BCUT2D eigenvalue weighted by atomic mass is 16.5. The van der Waals surface area contributed by atoms with Crippen LogP contribution in [0.2, 0.25) is 0 Å². The Morgan fingerprint density at radius 1 is 1.04 bits per heavy atom. The molecule has 71 heavy (non-hydrogen) atoms. The van der Waals surface area contributed by atoms with Crippen LogP contribution in [0, 0.1) is 11.3 Å². The summed E-state index contributed by atoms with van der Waals surface area (Å²) in [6.45, 7) is 21.7. The molecule has 5 atom stereocenters. The summed E-state index contributed by atoms with van der Waals surface area (Å²) in [5.41, 5.74) is 10.5. The summed E-state index contributed by atoms with van der Waals surface area (Å²) in [5, 5.41) is 5.64. The zero-order valence-electron chi connectivity index (χ0n) is 43.5.